The molecule has 122 valence electrons. The molecule has 0 fully saturated rings. The van der Waals surface area contributed by atoms with E-state index in [-0.39, 0.29) is 0 Å². The predicted molar refractivity (Wildman–Crippen MR) is 96.3 cm³/mol. The van der Waals surface area contributed by atoms with Gasteiger partial charge in [0.25, 0.3) is 0 Å². The standard InChI is InChI=1S/C18H21ClN2O2/c1-5-13(20)12-7-6-11(8-14(12)21)17-10(2)15(22-3)9-16(23-4)18(17)19/h6-9,20H,5,21H2,1-4H3. The van der Waals surface area contributed by atoms with Gasteiger partial charge in [-0.3, -0.25) is 0 Å². The Morgan fingerprint density at radius 2 is 1.83 bits per heavy atom. The van der Waals surface area contributed by atoms with Gasteiger partial charge >= 0.3 is 0 Å². The van der Waals surface area contributed by atoms with Crippen molar-refractivity contribution in [3.8, 4) is 22.6 Å². The summed E-state index contributed by atoms with van der Waals surface area (Å²) >= 11 is 6.50. The first-order chi connectivity index (χ1) is 10.9. The summed E-state index contributed by atoms with van der Waals surface area (Å²) in [5.41, 5.74) is 10.6. The Labute approximate surface area is 141 Å². The zero-order valence-corrected chi connectivity index (χ0v) is 14.5. The van der Waals surface area contributed by atoms with Crippen molar-refractivity contribution < 1.29 is 9.47 Å². The Hall–Kier alpha value is -2.20. The molecule has 2 aromatic rings. The fourth-order valence-electron chi connectivity index (χ4n) is 2.59. The molecule has 0 spiro atoms. The second-order valence-electron chi connectivity index (χ2n) is 5.23. The molecular formula is C18H21ClN2O2. The molecule has 0 aliphatic rings. The summed E-state index contributed by atoms with van der Waals surface area (Å²) in [5.74, 6) is 1.25. The minimum atomic E-state index is 0.514. The third-order valence-corrected chi connectivity index (χ3v) is 4.28. The van der Waals surface area contributed by atoms with Crippen LogP contribution < -0.4 is 15.2 Å². The van der Waals surface area contributed by atoms with E-state index in [4.69, 9.17) is 32.2 Å². The number of benzene rings is 2. The Morgan fingerprint density at radius 1 is 1.17 bits per heavy atom. The molecule has 0 atom stereocenters. The number of halogens is 1. The average molecular weight is 333 g/mol. The van der Waals surface area contributed by atoms with Crippen molar-refractivity contribution in [1.29, 1.82) is 5.41 Å². The molecule has 0 aliphatic carbocycles. The number of rotatable bonds is 5. The maximum atomic E-state index is 7.96. The van der Waals surface area contributed by atoms with Crippen LogP contribution in [0.4, 0.5) is 5.69 Å². The first-order valence-corrected chi connectivity index (χ1v) is 7.71. The fourth-order valence-corrected chi connectivity index (χ4v) is 2.97. The second kappa shape index (κ2) is 6.92. The van der Waals surface area contributed by atoms with Gasteiger partial charge in [-0.2, -0.15) is 0 Å². The normalized spacial score (nSPS) is 10.5. The van der Waals surface area contributed by atoms with Crippen molar-refractivity contribution in [3.63, 3.8) is 0 Å². The van der Waals surface area contributed by atoms with E-state index in [1.54, 1.807) is 20.3 Å². The molecule has 0 bridgehead atoms. The van der Waals surface area contributed by atoms with Crippen LogP contribution in [0.15, 0.2) is 24.3 Å². The van der Waals surface area contributed by atoms with E-state index >= 15 is 0 Å². The van der Waals surface area contributed by atoms with E-state index in [0.717, 1.165) is 22.3 Å². The van der Waals surface area contributed by atoms with Gasteiger partial charge in [0.05, 0.1) is 19.2 Å². The van der Waals surface area contributed by atoms with Gasteiger partial charge in [0.1, 0.15) is 11.5 Å². The quantitative estimate of drug-likeness (QED) is 0.616. The van der Waals surface area contributed by atoms with Crippen LogP contribution in [0.3, 0.4) is 0 Å². The second-order valence-corrected chi connectivity index (χ2v) is 5.61. The summed E-state index contributed by atoms with van der Waals surface area (Å²) in [7, 11) is 3.18. The molecule has 23 heavy (non-hydrogen) atoms. The molecule has 0 amide bonds. The summed E-state index contributed by atoms with van der Waals surface area (Å²) < 4.78 is 10.7. The summed E-state index contributed by atoms with van der Waals surface area (Å²) in [6.07, 6.45) is 0.635. The van der Waals surface area contributed by atoms with E-state index in [9.17, 15) is 0 Å². The molecule has 0 radical (unpaired) electrons. The summed E-state index contributed by atoms with van der Waals surface area (Å²) in [6.45, 7) is 3.88. The number of nitrogen functional groups attached to an aromatic ring is 1. The highest BCUT2D eigenvalue weighted by molar-refractivity contribution is 6.35. The van der Waals surface area contributed by atoms with Crippen molar-refractivity contribution >= 4 is 23.0 Å². The van der Waals surface area contributed by atoms with Gasteiger partial charge in [0.2, 0.25) is 0 Å². The number of nitrogens with one attached hydrogen (secondary N) is 1. The molecule has 0 aliphatic heterocycles. The molecule has 0 aromatic heterocycles. The van der Waals surface area contributed by atoms with Crippen LogP contribution in [0.5, 0.6) is 11.5 Å². The minimum absolute atomic E-state index is 0.514. The van der Waals surface area contributed by atoms with Gasteiger partial charge < -0.3 is 20.6 Å². The third kappa shape index (κ3) is 3.13. The SMILES string of the molecule is CCC(=N)c1ccc(-c2c(C)c(OC)cc(OC)c2Cl)cc1N. The molecular weight excluding hydrogens is 312 g/mol. The molecule has 2 aromatic carbocycles. The number of hydrogen-bond donors (Lipinski definition) is 2. The van der Waals surface area contributed by atoms with Crippen molar-refractivity contribution in [2.45, 2.75) is 20.3 Å². The molecule has 0 saturated carbocycles. The molecule has 0 unspecified atom stereocenters. The number of hydrogen-bond acceptors (Lipinski definition) is 4. The van der Waals surface area contributed by atoms with Gasteiger partial charge in [0, 0.05) is 34.2 Å². The topological polar surface area (TPSA) is 68.3 Å². The van der Waals surface area contributed by atoms with Crippen molar-refractivity contribution in [2.24, 2.45) is 0 Å². The van der Waals surface area contributed by atoms with Crippen LogP contribution in [0.2, 0.25) is 5.02 Å². The summed E-state index contributed by atoms with van der Waals surface area (Å²) in [6, 6.07) is 7.39. The Kier molecular flexibility index (Phi) is 5.16. The molecule has 2 rings (SSSR count). The summed E-state index contributed by atoms with van der Waals surface area (Å²) in [4.78, 5) is 0. The maximum absolute atomic E-state index is 7.96. The van der Waals surface area contributed by atoms with Crippen molar-refractivity contribution in [1.82, 2.24) is 0 Å². The van der Waals surface area contributed by atoms with Crippen LogP contribution in [-0.4, -0.2) is 19.9 Å². The zero-order valence-electron chi connectivity index (χ0n) is 13.8. The Balaban J connectivity index is 2.67. The number of nitrogens with two attached hydrogens (primary N) is 1. The Bertz CT molecular complexity index is 729. The van der Waals surface area contributed by atoms with Crippen LogP contribution in [0.1, 0.15) is 24.5 Å². The number of ether oxygens (including phenoxy) is 2. The van der Waals surface area contributed by atoms with E-state index in [2.05, 4.69) is 0 Å². The van der Waals surface area contributed by atoms with Gasteiger partial charge in [-0.05, 0) is 25.0 Å². The zero-order chi connectivity index (χ0) is 17.1. The third-order valence-electron chi connectivity index (χ3n) is 3.90. The highest BCUT2D eigenvalue weighted by atomic mass is 35.5. The molecule has 5 heteroatoms. The molecule has 3 N–H and O–H groups in total. The van der Waals surface area contributed by atoms with Gasteiger partial charge in [-0.25, -0.2) is 0 Å². The molecule has 4 nitrogen and oxygen atoms in total. The van der Waals surface area contributed by atoms with Crippen LogP contribution in [0, 0.1) is 12.3 Å². The van der Waals surface area contributed by atoms with E-state index in [0.29, 0.717) is 34.3 Å². The lowest BCUT2D eigenvalue weighted by Gasteiger charge is -2.17. The first kappa shape index (κ1) is 17.2. The number of methoxy groups -OCH3 is 2. The van der Waals surface area contributed by atoms with Gasteiger partial charge in [-0.15, -0.1) is 0 Å². The summed E-state index contributed by atoms with van der Waals surface area (Å²) in [5, 5.41) is 8.48. The lowest BCUT2D eigenvalue weighted by molar-refractivity contribution is 0.393. The lowest BCUT2D eigenvalue weighted by atomic mass is 9.95. The fraction of sp³-hybridized carbons (Fsp3) is 0.278. The van der Waals surface area contributed by atoms with Gasteiger partial charge in [-0.1, -0.05) is 30.7 Å². The average Bonchev–Trinajstić information content (AvgIpc) is 2.54. The van der Waals surface area contributed by atoms with E-state index < -0.39 is 0 Å². The maximum Gasteiger partial charge on any atom is 0.141 e. The van der Waals surface area contributed by atoms with Crippen molar-refractivity contribution in [2.75, 3.05) is 20.0 Å². The van der Waals surface area contributed by atoms with Crippen LogP contribution in [-0.2, 0) is 0 Å². The predicted octanol–water partition coefficient (Wildman–Crippen LogP) is 4.69. The highest BCUT2D eigenvalue weighted by Crippen LogP contribution is 2.43. The lowest BCUT2D eigenvalue weighted by Crippen LogP contribution is -2.03. The molecule has 0 heterocycles. The van der Waals surface area contributed by atoms with Crippen LogP contribution >= 0.6 is 11.6 Å². The largest absolute Gasteiger partial charge is 0.496 e. The van der Waals surface area contributed by atoms with Crippen molar-refractivity contribution in [3.05, 3.63) is 40.4 Å². The number of anilines is 1. The van der Waals surface area contributed by atoms with Crippen LogP contribution in [0.25, 0.3) is 11.1 Å². The van der Waals surface area contributed by atoms with E-state index in [1.807, 2.05) is 32.0 Å². The first-order valence-electron chi connectivity index (χ1n) is 7.33. The smallest absolute Gasteiger partial charge is 0.141 e. The molecule has 0 saturated heterocycles. The Morgan fingerprint density at radius 3 is 2.35 bits per heavy atom. The van der Waals surface area contributed by atoms with Gasteiger partial charge in [0.15, 0.2) is 0 Å². The highest BCUT2D eigenvalue weighted by Gasteiger charge is 2.18. The van der Waals surface area contributed by atoms with E-state index in [1.165, 1.54) is 0 Å². The minimum Gasteiger partial charge on any atom is -0.496 e. The monoisotopic (exact) mass is 332 g/mol.